The molecule has 0 aromatic heterocycles. The van der Waals surface area contributed by atoms with E-state index in [1.54, 1.807) is 6.08 Å². The van der Waals surface area contributed by atoms with Crippen LogP contribution in [0.15, 0.2) is 12.2 Å². The average Bonchev–Trinajstić information content (AvgIpc) is 1.61. The van der Waals surface area contributed by atoms with Gasteiger partial charge in [0.05, 0.1) is 0 Å². The van der Waals surface area contributed by atoms with E-state index in [-0.39, 0.29) is 0 Å². The van der Waals surface area contributed by atoms with Crippen molar-refractivity contribution in [3.63, 3.8) is 0 Å². The van der Waals surface area contributed by atoms with E-state index in [9.17, 15) is 0 Å². The molecule has 0 nitrogen and oxygen atoms in total. The number of hydrogen-bond donors (Lipinski definition) is 0. The van der Waals surface area contributed by atoms with Crippen molar-refractivity contribution in [3.05, 3.63) is 26.0 Å². The van der Waals surface area contributed by atoms with E-state index in [1.165, 1.54) is 0 Å². The van der Waals surface area contributed by atoms with Crippen LogP contribution in [0.2, 0.25) is 0 Å². The largest absolute Gasteiger partial charge is 0.0885 e. The molecule has 0 aliphatic carbocycles. The maximum atomic E-state index is 5.14. The van der Waals surface area contributed by atoms with Crippen LogP contribution in [0.1, 0.15) is 12.8 Å². The van der Waals surface area contributed by atoms with Crippen LogP contribution in [0.4, 0.5) is 0 Å². The first-order chi connectivity index (χ1) is 2.91. The quantitative estimate of drug-likeness (QED) is 0.476. The first-order valence-corrected chi connectivity index (χ1v) is 2.06. The number of allylic oxidation sites excluding steroid dienone is 2. The van der Waals surface area contributed by atoms with Crippen molar-refractivity contribution >= 4 is 0 Å². The normalized spacial score (nSPS) is 10.3. The molecule has 6 heavy (non-hydrogen) atoms. The van der Waals surface area contributed by atoms with Gasteiger partial charge in [-0.3, -0.25) is 0 Å². The van der Waals surface area contributed by atoms with Gasteiger partial charge in [-0.05, 0) is 26.7 Å². The summed E-state index contributed by atoms with van der Waals surface area (Å²) in [5.74, 6) is 0. The molecule has 0 saturated carbocycles. The Morgan fingerprint density at radius 1 is 1.67 bits per heavy atom. The molecule has 0 aromatic rings. The third-order valence-corrected chi connectivity index (χ3v) is 0.500. The average molecular weight is 81.1 g/mol. The predicted molar refractivity (Wildman–Crippen MR) is 28.0 cm³/mol. The highest BCUT2D eigenvalue weighted by molar-refractivity contribution is 4.83. The van der Waals surface area contributed by atoms with Crippen LogP contribution in [-0.4, -0.2) is 0 Å². The van der Waals surface area contributed by atoms with E-state index < -0.39 is 0 Å². The van der Waals surface area contributed by atoms with Crippen LogP contribution in [0, 0.1) is 13.8 Å². The Kier molecular flexibility index (Phi) is 4.53. The van der Waals surface area contributed by atoms with Crippen molar-refractivity contribution in [2.24, 2.45) is 0 Å². The molecule has 0 amide bonds. The third-order valence-electron chi connectivity index (χ3n) is 0.500. The minimum atomic E-state index is 0.728. The number of unbranched alkanes of at least 4 members (excludes halogenated alkanes) is 1. The van der Waals surface area contributed by atoms with Gasteiger partial charge in [0.15, 0.2) is 0 Å². The maximum Gasteiger partial charge on any atom is -0.0316 e. The van der Waals surface area contributed by atoms with Crippen molar-refractivity contribution in [1.82, 2.24) is 0 Å². The monoisotopic (exact) mass is 81.1 g/mol. The first kappa shape index (κ1) is 5.74. The lowest BCUT2D eigenvalue weighted by Gasteiger charge is -1.75. The summed E-state index contributed by atoms with van der Waals surface area (Å²) in [4.78, 5) is 0. The van der Waals surface area contributed by atoms with Gasteiger partial charge >= 0.3 is 0 Å². The summed E-state index contributed by atoms with van der Waals surface area (Å²) in [6.45, 7) is 8.62. The van der Waals surface area contributed by atoms with Crippen molar-refractivity contribution in [3.8, 4) is 0 Å². The molecule has 0 atom stereocenters. The smallest absolute Gasteiger partial charge is 0.0316 e. The Morgan fingerprint density at radius 3 is 2.50 bits per heavy atom. The Balaban J connectivity index is 2.66. The van der Waals surface area contributed by atoms with Gasteiger partial charge < -0.3 is 0 Å². The van der Waals surface area contributed by atoms with Crippen LogP contribution in [0.3, 0.4) is 0 Å². The molecule has 0 N–H and O–H groups in total. The highest BCUT2D eigenvalue weighted by Crippen LogP contribution is 1.84. The molecular formula is C6H9. The van der Waals surface area contributed by atoms with Crippen LogP contribution in [0.5, 0.6) is 0 Å². The summed E-state index contributed by atoms with van der Waals surface area (Å²) in [7, 11) is 0. The van der Waals surface area contributed by atoms with Crippen LogP contribution < -0.4 is 0 Å². The Morgan fingerprint density at radius 2 is 2.33 bits per heavy atom. The zero-order valence-electron chi connectivity index (χ0n) is 3.85. The fourth-order valence-corrected chi connectivity index (χ4v) is 0.214. The van der Waals surface area contributed by atoms with Crippen molar-refractivity contribution in [1.29, 1.82) is 0 Å². The van der Waals surface area contributed by atoms with Gasteiger partial charge in [0.2, 0.25) is 0 Å². The van der Waals surface area contributed by atoms with E-state index >= 15 is 0 Å². The summed E-state index contributed by atoms with van der Waals surface area (Å²) < 4.78 is 0. The summed E-state index contributed by atoms with van der Waals surface area (Å²) in [6, 6.07) is 0. The fourth-order valence-electron chi connectivity index (χ4n) is 0.214. The topological polar surface area (TPSA) is 0 Å². The van der Waals surface area contributed by atoms with E-state index in [1.807, 2.05) is 6.08 Å². The van der Waals surface area contributed by atoms with E-state index in [4.69, 9.17) is 6.92 Å². The third kappa shape index (κ3) is 3.74. The summed E-state index contributed by atoms with van der Waals surface area (Å²) >= 11 is 0. The zero-order valence-corrected chi connectivity index (χ0v) is 3.85. The standard InChI is InChI=1S/C6H9/c1-3-5-6-4-2/h1,4,6H,2-3,5H2. The summed E-state index contributed by atoms with van der Waals surface area (Å²) in [5.41, 5.74) is 0. The molecule has 0 spiro atoms. The molecule has 33 valence electrons. The highest BCUT2D eigenvalue weighted by Gasteiger charge is 1.65. The van der Waals surface area contributed by atoms with Gasteiger partial charge in [-0.25, -0.2) is 0 Å². The molecule has 0 aromatic carbocycles. The molecule has 0 fully saturated rings. The Labute approximate surface area is 39.9 Å². The van der Waals surface area contributed by atoms with Gasteiger partial charge in [-0.1, -0.05) is 12.2 Å². The van der Waals surface area contributed by atoms with Gasteiger partial charge in [-0.2, -0.15) is 0 Å². The SMILES string of the molecule is [CH]CCC=C[CH2]. The maximum absolute atomic E-state index is 5.14. The molecule has 0 aliphatic heterocycles. The summed E-state index contributed by atoms with van der Waals surface area (Å²) in [5, 5.41) is 0. The molecule has 0 unspecified atom stereocenters. The highest BCUT2D eigenvalue weighted by atomic mass is 13.7. The minimum Gasteiger partial charge on any atom is -0.0885 e. The van der Waals surface area contributed by atoms with Gasteiger partial charge in [0, 0.05) is 0 Å². The second-order valence-electron chi connectivity index (χ2n) is 1.05. The molecule has 0 saturated heterocycles. The van der Waals surface area contributed by atoms with Crippen LogP contribution >= 0.6 is 0 Å². The molecule has 0 rings (SSSR count). The number of hydrogen-bond acceptors (Lipinski definition) is 0. The Bertz CT molecular complexity index is 35.3. The molecule has 0 heterocycles. The van der Waals surface area contributed by atoms with E-state index in [0.29, 0.717) is 0 Å². The molecule has 0 heteroatoms. The lowest BCUT2D eigenvalue weighted by molar-refractivity contribution is 1.05. The molecular weight excluding hydrogens is 72.1 g/mol. The minimum absolute atomic E-state index is 0.728. The van der Waals surface area contributed by atoms with Gasteiger partial charge in [-0.15, -0.1) is 0 Å². The zero-order chi connectivity index (χ0) is 4.83. The second kappa shape index (κ2) is 4.74. The van der Waals surface area contributed by atoms with Crippen molar-refractivity contribution in [2.75, 3.05) is 0 Å². The first-order valence-electron chi connectivity index (χ1n) is 2.06. The van der Waals surface area contributed by atoms with Crippen LogP contribution in [0.25, 0.3) is 0 Å². The van der Waals surface area contributed by atoms with Crippen molar-refractivity contribution in [2.45, 2.75) is 12.8 Å². The molecule has 0 bridgehead atoms. The lowest BCUT2D eigenvalue weighted by atomic mass is 10.3. The Hall–Kier alpha value is -0.260. The van der Waals surface area contributed by atoms with E-state index in [0.717, 1.165) is 12.8 Å². The second-order valence-corrected chi connectivity index (χ2v) is 1.05. The number of rotatable bonds is 2. The lowest BCUT2D eigenvalue weighted by Crippen LogP contribution is -1.56. The van der Waals surface area contributed by atoms with Crippen LogP contribution in [-0.2, 0) is 0 Å². The van der Waals surface area contributed by atoms with Crippen molar-refractivity contribution < 1.29 is 0 Å². The van der Waals surface area contributed by atoms with E-state index in [2.05, 4.69) is 6.92 Å². The van der Waals surface area contributed by atoms with Gasteiger partial charge in [0.25, 0.3) is 0 Å². The molecule has 3 radical (unpaired) electrons. The molecule has 0 aliphatic rings. The predicted octanol–water partition coefficient (Wildman–Crippen LogP) is 1.87. The fraction of sp³-hybridized carbons (Fsp3) is 0.333. The van der Waals surface area contributed by atoms with Gasteiger partial charge in [0.1, 0.15) is 0 Å². The summed E-state index contributed by atoms with van der Waals surface area (Å²) in [6.07, 6.45) is 5.38.